The number of nitrogens with two attached hydrogens (primary N) is 1. The van der Waals surface area contributed by atoms with Gasteiger partial charge in [-0.2, -0.15) is 5.26 Å². The Morgan fingerprint density at radius 2 is 1.72 bits per heavy atom. The molecule has 2 aromatic rings. The Labute approximate surface area is 101 Å². The van der Waals surface area contributed by atoms with Gasteiger partial charge in [0.1, 0.15) is 17.5 Å². The molecule has 5 heteroatoms. The van der Waals surface area contributed by atoms with E-state index in [0.717, 1.165) is 12.1 Å². The molecule has 0 fully saturated rings. The Balaban J connectivity index is 2.79. The fraction of sp³-hybridized carbons (Fsp3) is 0. The highest BCUT2D eigenvalue weighted by molar-refractivity contribution is 5.74. The molecule has 0 atom stereocenters. The van der Waals surface area contributed by atoms with Crippen molar-refractivity contribution in [1.29, 1.82) is 5.26 Å². The van der Waals surface area contributed by atoms with Crippen LogP contribution in [0, 0.1) is 28.8 Å². The van der Waals surface area contributed by atoms with E-state index in [9.17, 15) is 13.2 Å². The van der Waals surface area contributed by atoms with Gasteiger partial charge in [0.25, 0.3) is 0 Å². The summed E-state index contributed by atoms with van der Waals surface area (Å²) in [7, 11) is 0. The minimum Gasteiger partial charge on any atom is -0.399 e. The summed E-state index contributed by atoms with van der Waals surface area (Å²) < 4.78 is 40.3. The minimum atomic E-state index is -1.00. The zero-order valence-corrected chi connectivity index (χ0v) is 9.05. The van der Waals surface area contributed by atoms with Crippen LogP contribution in [0.15, 0.2) is 30.3 Å². The Morgan fingerprint density at radius 1 is 1.00 bits per heavy atom. The molecule has 0 aliphatic rings. The Hall–Kier alpha value is -2.48. The van der Waals surface area contributed by atoms with Crippen LogP contribution in [0.2, 0.25) is 0 Å². The first-order valence-corrected chi connectivity index (χ1v) is 4.97. The lowest BCUT2D eigenvalue weighted by Crippen LogP contribution is -1.96. The van der Waals surface area contributed by atoms with Crippen molar-refractivity contribution < 1.29 is 13.2 Å². The van der Waals surface area contributed by atoms with E-state index in [0.29, 0.717) is 6.07 Å². The number of nitrogens with zero attached hydrogens (tertiary/aromatic N) is 1. The van der Waals surface area contributed by atoms with E-state index in [1.807, 2.05) is 0 Å². The summed E-state index contributed by atoms with van der Waals surface area (Å²) in [6, 6.07) is 6.66. The van der Waals surface area contributed by atoms with Crippen LogP contribution in [0.25, 0.3) is 11.1 Å². The summed E-state index contributed by atoms with van der Waals surface area (Å²) in [5.41, 5.74) is 4.98. The average molecular weight is 248 g/mol. The number of hydrogen-bond donors (Lipinski definition) is 1. The lowest BCUT2D eigenvalue weighted by atomic mass is 9.98. The van der Waals surface area contributed by atoms with Gasteiger partial charge in [-0.05, 0) is 24.3 Å². The SMILES string of the molecule is N#Cc1cc(F)cc(F)c1-c1cc(N)ccc1F. The first kappa shape index (κ1) is 12.0. The Morgan fingerprint density at radius 3 is 2.39 bits per heavy atom. The summed E-state index contributed by atoms with van der Waals surface area (Å²) in [6.45, 7) is 0. The van der Waals surface area contributed by atoms with Crippen molar-refractivity contribution in [3.63, 3.8) is 0 Å². The normalized spacial score (nSPS) is 10.1. The van der Waals surface area contributed by atoms with Crippen LogP contribution in [-0.4, -0.2) is 0 Å². The molecule has 2 nitrogen and oxygen atoms in total. The molecule has 0 amide bonds. The summed E-state index contributed by atoms with van der Waals surface area (Å²) in [6.07, 6.45) is 0. The zero-order chi connectivity index (χ0) is 13.3. The first-order valence-electron chi connectivity index (χ1n) is 4.97. The van der Waals surface area contributed by atoms with Crippen molar-refractivity contribution in [2.75, 3.05) is 5.73 Å². The molecular weight excluding hydrogens is 241 g/mol. The third kappa shape index (κ3) is 2.00. The summed E-state index contributed by atoms with van der Waals surface area (Å²) in [4.78, 5) is 0. The van der Waals surface area contributed by atoms with Gasteiger partial charge < -0.3 is 5.73 Å². The quantitative estimate of drug-likeness (QED) is 0.787. The number of benzene rings is 2. The molecule has 0 radical (unpaired) electrons. The summed E-state index contributed by atoms with van der Waals surface area (Å²) in [5, 5.41) is 8.85. The molecule has 90 valence electrons. The van der Waals surface area contributed by atoms with Gasteiger partial charge in [-0.1, -0.05) is 0 Å². The molecule has 0 aliphatic carbocycles. The molecule has 0 saturated carbocycles. The smallest absolute Gasteiger partial charge is 0.135 e. The Kier molecular flexibility index (Phi) is 2.94. The number of rotatable bonds is 1. The predicted molar refractivity (Wildman–Crippen MR) is 60.9 cm³/mol. The first-order chi connectivity index (χ1) is 8.52. The maximum Gasteiger partial charge on any atom is 0.135 e. The predicted octanol–water partition coefficient (Wildman–Crippen LogP) is 3.22. The van der Waals surface area contributed by atoms with E-state index in [4.69, 9.17) is 11.0 Å². The van der Waals surface area contributed by atoms with Gasteiger partial charge in [-0.25, -0.2) is 13.2 Å². The van der Waals surface area contributed by atoms with Crippen LogP contribution >= 0.6 is 0 Å². The monoisotopic (exact) mass is 248 g/mol. The number of hydrogen-bond acceptors (Lipinski definition) is 2. The molecule has 0 heterocycles. The van der Waals surface area contributed by atoms with Crippen molar-refractivity contribution in [2.45, 2.75) is 0 Å². The third-order valence-corrected chi connectivity index (χ3v) is 2.44. The zero-order valence-electron chi connectivity index (χ0n) is 9.05. The molecule has 0 aromatic heterocycles. The highest BCUT2D eigenvalue weighted by atomic mass is 19.1. The van der Waals surface area contributed by atoms with Crippen LogP contribution in [0.3, 0.4) is 0 Å². The van der Waals surface area contributed by atoms with Crippen LogP contribution in [0.5, 0.6) is 0 Å². The van der Waals surface area contributed by atoms with E-state index in [1.54, 1.807) is 6.07 Å². The Bertz CT molecular complexity index is 660. The molecule has 0 saturated heterocycles. The van der Waals surface area contributed by atoms with Crippen molar-refractivity contribution in [1.82, 2.24) is 0 Å². The van der Waals surface area contributed by atoms with E-state index in [-0.39, 0.29) is 22.4 Å². The lowest BCUT2D eigenvalue weighted by molar-refractivity contribution is 0.582. The van der Waals surface area contributed by atoms with Crippen molar-refractivity contribution in [2.24, 2.45) is 0 Å². The lowest BCUT2D eigenvalue weighted by Gasteiger charge is -2.08. The third-order valence-electron chi connectivity index (χ3n) is 2.44. The number of nitriles is 1. The summed E-state index contributed by atoms with van der Waals surface area (Å²) >= 11 is 0. The van der Waals surface area contributed by atoms with Crippen LogP contribution in [0.1, 0.15) is 5.56 Å². The van der Waals surface area contributed by atoms with Gasteiger partial charge in [0.05, 0.1) is 11.6 Å². The van der Waals surface area contributed by atoms with Gasteiger partial charge >= 0.3 is 0 Å². The summed E-state index contributed by atoms with van der Waals surface area (Å²) in [5.74, 6) is -2.63. The van der Waals surface area contributed by atoms with E-state index in [1.165, 1.54) is 12.1 Å². The highest BCUT2D eigenvalue weighted by Crippen LogP contribution is 2.31. The van der Waals surface area contributed by atoms with Gasteiger partial charge in [0.2, 0.25) is 0 Å². The number of nitrogen functional groups attached to an aromatic ring is 1. The number of halogens is 3. The molecule has 0 spiro atoms. The van der Waals surface area contributed by atoms with E-state index in [2.05, 4.69) is 0 Å². The molecule has 2 rings (SSSR count). The molecular formula is C13H7F3N2. The maximum absolute atomic E-state index is 13.7. The van der Waals surface area contributed by atoms with Gasteiger partial charge in [-0.3, -0.25) is 0 Å². The standard InChI is InChI=1S/C13H7F3N2/c14-8-3-7(6-17)13(12(16)4-8)10-5-9(18)1-2-11(10)15/h1-5H,18H2. The van der Waals surface area contributed by atoms with E-state index >= 15 is 0 Å². The number of anilines is 1. The highest BCUT2D eigenvalue weighted by Gasteiger charge is 2.16. The topological polar surface area (TPSA) is 49.8 Å². The van der Waals surface area contributed by atoms with Gasteiger partial charge in [0, 0.05) is 22.9 Å². The van der Waals surface area contributed by atoms with Crippen LogP contribution in [-0.2, 0) is 0 Å². The largest absolute Gasteiger partial charge is 0.399 e. The van der Waals surface area contributed by atoms with E-state index < -0.39 is 17.5 Å². The minimum absolute atomic E-state index is 0.163. The second-order valence-electron chi connectivity index (χ2n) is 3.66. The van der Waals surface area contributed by atoms with Crippen LogP contribution in [0.4, 0.5) is 18.9 Å². The second kappa shape index (κ2) is 4.41. The molecule has 2 aromatic carbocycles. The average Bonchev–Trinajstić information content (AvgIpc) is 2.32. The fourth-order valence-corrected chi connectivity index (χ4v) is 1.67. The van der Waals surface area contributed by atoms with Crippen molar-refractivity contribution in [3.05, 3.63) is 53.3 Å². The molecule has 18 heavy (non-hydrogen) atoms. The second-order valence-corrected chi connectivity index (χ2v) is 3.66. The van der Waals surface area contributed by atoms with Crippen molar-refractivity contribution >= 4 is 5.69 Å². The van der Waals surface area contributed by atoms with Crippen molar-refractivity contribution in [3.8, 4) is 17.2 Å². The fourth-order valence-electron chi connectivity index (χ4n) is 1.67. The van der Waals surface area contributed by atoms with Crippen LogP contribution < -0.4 is 5.73 Å². The molecule has 0 aliphatic heterocycles. The molecule has 0 unspecified atom stereocenters. The molecule has 0 bridgehead atoms. The van der Waals surface area contributed by atoms with Gasteiger partial charge in [-0.15, -0.1) is 0 Å². The molecule has 2 N–H and O–H groups in total. The van der Waals surface area contributed by atoms with Gasteiger partial charge in [0.15, 0.2) is 0 Å². The maximum atomic E-state index is 13.7.